The molecule has 1 saturated heterocycles. The summed E-state index contributed by atoms with van der Waals surface area (Å²) in [6, 6.07) is 7.66. The normalized spacial score (nSPS) is 31.1. The third-order valence-corrected chi connectivity index (χ3v) is 5.42. The first-order chi connectivity index (χ1) is 8.90. The van der Waals surface area contributed by atoms with E-state index in [2.05, 4.69) is 66.8 Å². The molecule has 2 aliphatic heterocycles. The number of piperidine rings is 1. The van der Waals surface area contributed by atoms with Gasteiger partial charge in [0.15, 0.2) is 0 Å². The predicted molar refractivity (Wildman–Crippen MR) is 84.4 cm³/mol. The second-order valence-electron chi connectivity index (χ2n) is 6.90. The summed E-state index contributed by atoms with van der Waals surface area (Å²) in [7, 11) is 0. The summed E-state index contributed by atoms with van der Waals surface area (Å²) < 4.78 is 1.28. The molecule has 102 valence electrons. The Bertz CT molecular complexity index is 532. The van der Waals surface area contributed by atoms with Crippen LogP contribution in [0.2, 0.25) is 0 Å². The zero-order valence-corrected chi connectivity index (χ0v) is 13.5. The zero-order valence-electron chi connectivity index (χ0n) is 12.0. The molecule has 3 aliphatic rings. The van der Waals surface area contributed by atoms with Crippen molar-refractivity contribution in [1.29, 1.82) is 0 Å². The molecule has 2 bridgehead atoms. The Morgan fingerprint density at radius 1 is 1.47 bits per heavy atom. The lowest BCUT2D eigenvalue weighted by molar-refractivity contribution is 0.103. The molecule has 4 rings (SSSR count). The monoisotopic (exact) mass is 319 g/mol. The number of fused-ring (bicyclic) bond motifs is 2. The highest BCUT2D eigenvalue weighted by molar-refractivity contribution is 9.10. The van der Waals surface area contributed by atoms with E-state index in [4.69, 9.17) is 0 Å². The van der Waals surface area contributed by atoms with E-state index < -0.39 is 0 Å². The number of hydrogen-bond acceptors (Lipinski definition) is 1. The summed E-state index contributed by atoms with van der Waals surface area (Å²) in [5.41, 5.74) is 4.66. The standard InChI is InChI=1S/C17H22BrN/c1-10(2)8-13-16-15-11(6-5-7-12(15)18)14(19-13)9-17(16,3)4/h5-7,13-14,16,19H,1,8-9H2,2-4H3/t13-,14+,16-/m1/s1. The van der Waals surface area contributed by atoms with Crippen molar-refractivity contribution < 1.29 is 0 Å². The average molecular weight is 320 g/mol. The molecule has 0 spiro atoms. The first-order valence-corrected chi connectivity index (χ1v) is 7.88. The maximum absolute atomic E-state index is 4.11. The molecule has 1 fully saturated rings. The first kappa shape index (κ1) is 13.4. The lowest BCUT2D eigenvalue weighted by Crippen LogP contribution is -2.54. The van der Waals surface area contributed by atoms with Crippen LogP contribution in [0.15, 0.2) is 34.8 Å². The molecule has 3 atom stereocenters. The van der Waals surface area contributed by atoms with Crippen LogP contribution in [0.25, 0.3) is 0 Å². The van der Waals surface area contributed by atoms with Crippen molar-refractivity contribution >= 4 is 15.9 Å². The summed E-state index contributed by atoms with van der Waals surface area (Å²) in [6.07, 6.45) is 2.30. The molecule has 0 unspecified atom stereocenters. The summed E-state index contributed by atoms with van der Waals surface area (Å²) in [5, 5.41) is 3.84. The van der Waals surface area contributed by atoms with Crippen LogP contribution in [-0.2, 0) is 0 Å². The van der Waals surface area contributed by atoms with Crippen molar-refractivity contribution in [1.82, 2.24) is 5.32 Å². The molecule has 2 heteroatoms. The van der Waals surface area contributed by atoms with Crippen molar-refractivity contribution in [2.75, 3.05) is 0 Å². The fourth-order valence-electron chi connectivity index (χ4n) is 4.14. The van der Waals surface area contributed by atoms with Crippen LogP contribution in [0.3, 0.4) is 0 Å². The molecule has 0 aromatic heterocycles. The SMILES string of the molecule is C=C(C)C[C@H]1N[C@H]2CC(C)(C)[C@H]1c1c(Br)cccc12. The third kappa shape index (κ3) is 2.09. The number of hydrogen-bond donors (Lipinski definition) is 1. The Hall–Kier alpha value is -0.600. The molecule has 1 nitrogen and oxygen atoms in total. The molecule has 1 aromatic rings. The van der Waals surface area contributed by atoms with E-state index in [1.807, 2.05) is 0 Å². The lowest BCUT2D eigenvalue weighted by Gasteiger charge is -2.54. The van der Waals surface area contributed by atoms with Crippen LogP contribution in [0.4, 0.5) is 0 Å². The van der Waals surface area contributed by atoms with Gasteiger partial charge in [-0.15, -0.1) is 6.58 Å². The van der Waals surface area contributed by atoms with E-state index in [0.29, 0.717) is 23.4 Å². The van der Waals surface area contributed by atoms with E-state index >= 15 is 0 Å². The van der Waals surface area contributed by atoms with Gasteiger partial charge in [0.1, 0.15) is 0 Å². The van der Waals surface area contributed by atoms with Gasteiger partial charge in [-0.2, -0.15) is 0 Å². The number of halogens is 1. The number of benzene rings is 1. The van der Waals surface area contributed by atoms with Crippen LogP contribution in [0.5, 0.6) is 0 Å². The van der Waals surface area contributed by atoms with E-state index in [1.54, 1.807) is 0 Å². The molecule has 1 aliphatic carbocycles. The highest BCUT2D eigenvalue weighted by atomic mass is 79.9. The van der Waals surface area contributed by atoms with Gasteiger partial charge in [0.25, 0.3) is 0 Å². The molecule has 2 heterocycles. The summed E-state index contributed by atoms with van der Waals surface area (Å²) in [4.78, 5) is 0. The third-order valence-electron chi connectivity index (χ3n) is 4.73. The van der Waals surface area contributed by atoms with Crippen molar-refractivity contribution in [3.8, 4) is 0 Å². The van der Waals surface area contributed by atoms with Gasteiger partial charge in [-0.05, 0) is 42.4 Å². The maximum Gasteiger partial charge on any atom is 0.0331 e. The smallest absolute Gasteiger partial charge is 0.0331 e. The van der Waals surface area contributed by atoms with Crippen molar-refractivity contribution in [3.05, 3.63) is 46.0 Å². The molecule has 0 amide bonds. The minimum Gasteiger partial charge on any atom is -0.306 e. The van der Waals surface area contributed by atoms with Crippen LogP contribution in [0.1, 0.15) is 56.7 Å². The Labute approximate surface area is 124 Å². The molecule has 0 saturated carbocycles. The molecule has 1 N–H and O–H groups in total. The van der Waals surface area contributed by atoms with Gasteiger partial charge >= 0.3 is 0 Å². The Kier molecular flexibility index (Phi) is 3.14. The van der Waals surface area contributed by atoms with Crippen LogP contribution < -0.4 is 5.32 Å². The van der Waals surface area contributed by atoms with Crippen LogP contribution in [-0.4, -0.2) is 6.04 Å². The summed E-state index contributed by atoms with van der Waals surface area (Å²) >= 11 is 3.78. The quantitative estimate of drug-likeness (QED) is 0.761. The summed E-state index contributed by atoms with van der Waals surface area (Å²) in [6.45, 7) is 11.1. The minimum atomic E-state index is 0.354. The van der Waals surface area contributed by atoms with Gasteiger partial charge in [-0.1, -0.05) is 47.5 Å². The largest absolute Gasteiger partial charge is 0.306 e. The topological polar surface area (TPSA) is 12.0 Å². The van der Waals surface area contributed by atoms with Crippen LogP contribution in [0, 0.1) is 5.41 Å². The Morgan fingerprint density at radius 2 is 2.21 bits per heavy atom. The van der Waals surface area contributed by atoms with E-state index in [1.165, 1.54) is 27.6 Å². The molecular weight excluding hydrogens is 298 g/mol. The number of rotatable bonds is 2. The van der Waals surface area contributed by atoms with Crippen molar-refractivity contribution in [2.24, 2.45) is 5.41 Å². The molecule has 19 heavy (non-hydrogen) atoms. The van der Waals surface area contributed by atoms with Gasteiger partial charge in [-0.3, -0.25) is 0 Å². The van der Waals surface area contributed by atoms with Crippen molar-refractivity contribution in [3.63, 3.8) is 0 Å². The fourth-order valence-corrected chi connectivity index (χ4v) is 4.77. The van der Waals surface area contributed by atoms with E-state index in [0.717, 1.165) is 6.42 Å². The second kappa shape index (κ2) is 4.46. The van der Waals surface area contributed by atoms with Crippen molar-refractivity contribution in [2.45, 2.75) is 51.6 Å². The minimum absolute atomic E-state index is 0.354. The van der Waals surface area contributed by atoms with E-state index in [-0.39, 0.29) is 0 Å². The molecule has 1 aromatic carbocycles. The Balaban J connectivity index is 2.11. The zero-order chi connectivity index (χ0) is 13.8. The molecule has 0 radical (unpaired) electrons. The average Bonchev–Trinajstić information content (AvgIpc) is 2.27. The maximum atomic E-state index is 4.11. The van der Waals surface area contributed by atoms with E-state index in [9.17, 15) is 0 Å². The number of nitrogens with one attached hydrogen (secondary N) is 1. The van der Waals surface area contributed by atoms with Gasteiger partial charge < -0.3 is 5.32 Å². The Morgan fingerprint density at radius 3 is 2.89 bits per heavy atom. The second-order valence-corrected chi connectivity index (χ2v) is 7.75. The van der Waals surface area contributed by atoms with Crippen LogP contribution >= 0.6 is 15.9 Å². The van der Waals surface area contributed by atoms with Gasteiger partial charge in [0, 0.05) is 22.5 Å². The fraction of sp³-hybridized carbons (Fsp3) is 0.529. The highest BCUT2D eigenvalue weighted by Gasteiger charge is 2.49. The van der Waals surface area contributed by atoms with Gasteiger partial charge in [0.2, 0.25) is 0 Å². The highest BCUT2D eigenvalue weighted by Crippen LogP contribution is 2.57. The molecular formula is C17H22BrN. The van der Waals surface area contributed by atoms with Gasteiger partial charge in [-0.25, -0.2) is 0 Å². The predicted octanol–water partition coefficient (Wildman–Crippen LogP) is 4.94. The summed E-state index contributed by atoms with van der Waals surface area (Å²) in [5.74, 6) is 0.569. The van der Waals surface area contributed by atoms with Gasteiger partial charge in [0.05, 0.1) is 0 Å². The first-order valence-electron chi connectivity index (χ1n) is 7.09. The lowest BCUT2D eigenvalue weighted by atomic mass is 9.58.